The molecule has 6 nitrogen and oxygen atoms in total. The SMILES string of the molecule is CC(C)CSCc1ccc(S(=O)(=O)O)c2nonc12. The highest BCUT2D eigenvalue weighted by Crippen LogP contribution is 2.26. The Balaban J connectivity index is 2.36. The highest BCUT2D eigenvalue weighted by atomic mass is 32.2. The fourth-order valence-electron chi connectivity index (χ4n) is 1.62. The molecule has 0 aliphatic heterocycles. The predicted molar refractivity (Wildman–Crippen MR) is 72.6 cm³/mol. The number of thioether (sulfide) groups is 1. The number of rotatable bonds is 5. The summed E-state index contributed by atoms with van der Waals surface area (Å²) in [5.74, 6) is 2.26. The molecule has 104 valence electrons. The lowest BCUT2D eigenvalue weighted by molar-refractivity contribution is 0.315. The summed E-state index contributed by atoms with van der Waals surface area (Å²) in [6.07, 6.45) is 0. The Morgan fingerprint density at radius 2 is 2.00 bits per heavy atom. The summed E-state index contributed by atoms with van der Waals surface area (Å²) in [7, 11) is -4.32. The van der Waals surface area contributed by atoms with Crippen LogP contribution in [0.3, 0.4) is 0 Å². The molecule has 0 unspecified atom stereocenters. The minimum atomic E-state index is -4.32. The standard InChI is InChI=1S/C11H14N2O4S2/c1-7(2)5-18-6-8-3-4-9(19(14,15)16)11-10(8)12-17-13-11/h3-4,7H,5-6H2,1-2H3,(H,14,15,16). The van der Waals surface area contributed by atoms with Gasteiger partial charge in [0.2, 0.25) is 0 Å². The molecule has 19 heavy (non-hydrogen) atoms. The maximum Gasteiger partial charge on any atom is 0.296 e. The van der Waals surface area contributed by atoms with Crippen molar-refractivity contribution >= 4 is 32.9 Å². The van der Waals surface area contributed by atoms with E-state index >= 15 is 0 Å². The number of benzene rings is 1. The molecule has 0 aliphatic carbocycles. The Morgan fingerprint density at radius 3 is 2.63 bits per heavy atom. The van der Waals surface area contributed by atoms with Gasteiger partial charge in [-0.25, -0.2) is 4.63 Å². The summed E-state index contributed by atoms with van der Waals surface area (Å²) >= 11 is 1.72. The fraction of sp³-hybridized carbons (Fsp3) is 0.455. The number of aromatic nitrogens is 2. The van der Waals surface area contributed by atoms with Crippen LogP contribution in [0.4, 0.5) is 0 Å². The molecular formula is C11H14N2O4S2. The Bertz CT molecular complexity index is 679. The summed E-state index contributed by atoms with van der Waals surface area (Å²) in [6.45, 7) is 4.25. The smallest absolute Gasteiger partial charge is 0.282 e. The molecule has 0 spiro atoms. The van der Waals surface area contributed by atoms with Crippen LogP contribution in [-0.4, -0.2) is 29.0 Å². The maximum absolute atomic E-state index is 11.2. The maximum atomic E-state index is 11.2. The number of hydrogen-bond donors (Lipinski definition) is 1. The van der Waals surface area contributed by atoms with E-state index in [0.29, 0.717) is 17.2 Å². The summed E-state index contributed by atoms with van der Waals surface area (Å²) in [5.41, 5.74) is 1.30. The van der Waals surface area contributed by atoms with Gasteiger partial charge in [-0.3, -0.25) is 4.55 Å². The van der Waals surface area contributed by atoms with Gasteiger partial charge in [0.15, 0.2) is 5.52 Å². The third-order valence-electron chi connectivity index (χ3n) is 2.45. The van der Waals surface area contributed by atoms with Crippen LogP contribution in [0.15, 0.2) is 21.7 Å². The molecule has 0 saturated heterocycles. The molecule has 2 aromatic rings. The molecule has 1 N–H and O–H groups in total. The van der Waals surface area contributed by atoms with Gasteiger partial charge < -0.3 is 0 Å². The molecule has 1 aromatic carbocycles. The van der Waals surface area contributed by atoms with Crippen molar-refractivity contribution in [2.45, 2.75) is 24.5 Å². The molecule has 0 bridgehead atoms. The Kier molecular flexibility index (Phi) is 4.12. The third-order valence-corrected chi connectivity index (χ3v) is 4.75. The molecule has 0 aliphatic rings. The van der Waals surface area contributed by atoms with E-state index in [2.05, 4.69) is 28.8 Å². The van der Waals surface area contributed by atoms with Crippen LogP contribution in [-0.2, 0) is 15.9 Å². The van der Waals surface area contributed by atoms with E-state index in [0.717, 1.165) is 11.3 Å². The van der Waals surface area contributed by atoms with Crippen LogP contribution < -0.4 is 0 Å². The van der Waals surface area contributed by atoms with Crippen LogP contribution in [0, 0.1) is 5.92 Å². The Hall–Kier alpha value is -1.12. The second-order valence-electron chi connectivity index (χ2n) is 4.57. The first-order valence-electron chi connectivity index (χ1n) is 5.69. The van der Waals surface area contributed by atoms with Crippen LogP contribution in [0.5, 0.6) is 0 Å². The van der Waals surface area contributed by atoms with Gasteiger partial charge in [-0.15, -0.1) is 0 Å². The molecule has 1 heterocycles. The van der Waals surface area contributed by atoms with Gasteiger partial charge in [0, 0.05) is 5.75 Å². The largest absolute Gasteiger partial charge is 0.296 e. The highest BCUT2D eigenvalue weighted by Gasteiger charge is 2.20. The zero-order valence-electron chi connectivity index (χ0n) is 10.5. The van der Waals surface area contributed by atoms with E-state index in [1.165, 1.54) is 6.07 Å². The van der Waals surface area contributed by atoms with Crippen molar-refractivity contribution in [1.82, 2.24) is 10.3 Å². The lowest BCUT2D eigenvalue weighted by Gasteiger charge is -2.05. The van der Waals surface area contributed by atoms with E-state index in [1.807, 2.05) is 0 Å². The van der Waals surface area contributed by atoms with Gasteiger partial charge in [-0.05, 0) is 33.6 Å². The quantitative estimate of drug-likeness (QED) is 0.847. The monoisotopic (exact) mass is 302 g/mol. The van der Waals surface area contributed by atoms with Crippen molar-refractivity contribution in [1.29, 1.82) is 0 Å². The van der Waals surface area contributed by atoms with Gasteiger partial charge in [-0.2, -0.15) is 20.2 Å². The summed E-state index contributed by atoms with van der Waals surface area (Å²) in [4.78, 5) is -0.277. The predicted octanol–water partition coefficient (Wildman–Crippen LogP) is 2.36. The average Bonchev–Trinajstić information content (AvgIpc) is 2.75. The van der Waals surface area contributed by atoms with Crippen molar-refractivity contribution in [3.05, 3.63) is 17.7 Å². The second kappa shape index (κ2) is 5.48. The number of hydrogen-bond acceptors (Lipinski definition) is 6. The van der Waals surface area contributed by atoms with Crippen molar-refractivity contribution in [3.63, 3.8) is 0 Å². The van der Waals surface area contributed by atoms with Gasteiger partial charge in [-0.1, -0.05) is 19.9 Å². The van der Waals surface area contributed by atoms with E-state index in [9.17, 15) is 8.42 Å². The molecule has 8 heteroatoms. The molecule has 2 rings (SSSR count). The first-order chi connectivity index (χ1) is 8.89. The first-order valence-corrected chi connectivity index (χ1v) is 8.28. The second-order valence-corrected chi connectivity index (χ2v) is 6.99. The van der Waals surface area contributed by atoms with Crippen molar-refractivity contribution in [2.24, 2.45) is 5.92 Å². The van der Waals surface area contributed by atoms with Crippen LogP contribution in [0.25, 0.3) is 11.0 Å². The highest BCUT2D eigenvalue weighted by molar-refractivity contribution is 7.98. The third kappa shape index (κ3) is 3.26. The summed E-state index contributed by atoms with van der Waals surface area (Å²) in [6, 6.07) is 2.95. The first kappa shape index (κ1) is 14.3. The summed E-state index contributed by atoms with van der Waals surface area (Å²) < 4.78 is 36.1. The van der Waals surface area contributed by atoms with E-state index < -0.39 is 10.1 Å². The van der Waals surface area contributed by atoms with Gasteiger partial charge >= 0.3 is 0 Å². The van der Waals surface area contributed by atoms with Gasteiger partial charge in [0.05, 0.1) is 0 Å². The van der Waals surface area contributed by atoms with Crippen LogP contribution in [0.1, 0.15) is 19.4 Å². The molecule has 0 atom stereocenters. The summed E-state index contributed by atoms with van der Waals surface area (Å²) in [5, 5.41) is 7.27. The van der Waals surface area contributed by atoms with E-state index in [-0.39, 0.29) is 10.4 Å². The molecular weight excluding hydrogens is 288 g/mol. The van der Waals surface area contributed by atoms with E-state index in [1.54, 1.807) is 17.8 Å². The number of nitrogens with zero attached hydrogens (tertiary/aromatic N) is 2. The van der Waals surface area contributed by atoms with Crippen LogP contribution >= 0.6 is 11.8 Å². The lowest BCUT2D eigenvalue weighted by atomic mass is 10.2. The van der Waals surface area contributed by atoms with Crippen molar-refractivity contribution in [3.8, 4) is 0 Å². The Morgan fingerprint density at radius 1 is 1.32 bits per heavy atom. The van der Waals surface area contributed by atoms with Crippen molar-refractivity contribution < 1.29 is 17.6 Å². The van der Waals surface area contributed by atoms with Gasteiger partial charge in [0.1, 0.15) is 10.4 Å². The minimum Gasteiger partial charge on any atom is -0.282 e. The fourth-order valence-corrected chi connectivity index (χ4v) is 3.28. The van der Waals surface area contributed by atoms with Crippen LogP contribution in [0.2, 0.25) is 0 Å². The molecule has 1 aromatic heterocycles. The molecule has 0 saturated carbocycles. The van der Waals surface area contributed by atoms with E-state index in [4.69, 9.17) is 4.55 Å². The lowest BCUT2D eigenvalue weighted by Crippen LogP contribution is -2.00. The zero-order chi connectivity index (χ0) is 14.0. The topological polar surface area (TPSA) is 93.3 Å². The normalized spacial score (nSPS) is 12.4. The molecule has 0 fully saturated rings. The number of fused-ring (bicyclic) bond motifs is 1. The molecule has 0 radical (unpaired) electrons. The van der Waals surface area contributed by atoms with Crippen molar-refractivity contribution in [2.75, 3.05) is 5.75 Å². The molecule has 0 amide bonds. The average molecular weight is 302 g/mol. The van der Waals surface area contributed by atoms with Gasteiger partial charge in [0.25, 0.3) is 10.1 Å². The minimum absolute atomic E-state index is 0.0742. The Labute approximate surface area is 115 Å². The zero-order valence-corrected chi connectivity index (χ0v) is 12.2.